The number of aromatic amines is 1. The second kappa shape index (κ2) is 5.23. The number of H-pyrrole nitrogens is 1. The monoisotopic (exact) mass is 303 g/mol. The van der Waals surface area contributed by atoms with Crippen LogP contribution in [0.3, 0.4) is 0 Å². The predicted molar refractivity (Wildman–Crippen MR) is 65.6 cm³/mol. The Morgan fingerprint density at radius 2 is 2.00 bits per heavy atom. The summed E-state index contributed by atoms with van der Waals surface area (Å²) in [5.41, 5.74) is -2.79. The maximum absolute atomic E-state index is 12.5. The Hall–Kier alpha value is -2.32. The first kappa shape index (κ1) is 15.1. The number of amides is 2. The van der Waals surface area contributed by atoms with E-state index in [1.807, 2.05) is 0 Å². The quantitative estimate of drug-likeness (QED) is 0.785. The van der Waals surface area contributed by atoms with Crippen LogP contribution >= 0.6 is 0 Å². The summed E-state index contributed by atoms with van der Waals surface area (Å²) in [6.07, 6.45) is -4.70. The van der Waals surface area contributed by atoms with Gasteiger partial charge in [0, 0.05) is 13.1 Å². The molecule has 0 aliphatic carbocycles. The first-order valence-electron chi connectivity index (χ1n) is 6.11. The summed E-state index contributed by atoms with van der Waals surface area (Å²) in [5.74, 6) is -1.15. The second-order valence-corrected chi connectivity index (χ2v) is 4.58. The Morgan fingerprint density at radius 3 is 2.57 bits per heavy atom. The van der Waals surface area contributed by atoms with Gasteiger partial charge in [-0.2, -0.15) is 13.2 Å². The number of pyridine rings is 1. The second-order valence-electron chi connectivity index (χ2n) is 4.58. The third-order valence-corrected chi connectivity index (χ3v) is 3.21. The first-order chi connectivity index (χ1) is 9.71. The fraction of sp³-hybridized carbons (Fsp3) is 0.417. The first-order valence-corrected chi connectivity index (χ1v) is 6.11. The molecule has 2 rings (SSSR count). The molecule has 0 aromatic carbocycles. The fourth-order valence-corrected chi connectivity index (χ4v) is 2.02. The summed E-state index contributed by atoms with van der Waals surface area (Å²) in [7, 11) is 0. The highest BCUT2D eigenvalue weighted by molar-refractivity contribution is 5.97. The third kappa shape index (κ3) is 2.91. The summed E-state index contributed by atoms with van der Waals surface area (Å²) in [5, 5.41) is 2.54. The van der Waals surface area contributed by atoms with E-state index in [0.29, 0.717) is 6.07 Å². The van der Waals surface area contributed by atoms with E-state index < -0.39 is 34.9 Å². The number of carbonyl (C=O) groups excluding carboxylic acids is 2. The van der Waals surface area contributed by atoms with E-state index in [0.717, 1.165) is 11.0 Å². The molecule has 2 amide bonds. The number of piperazine rings is 1. The Morgan fingerprint density at radius 1 is 1.33 bits per heavy atom. The molecule has 114 valence electrons. The lowest BCUT2D eigenvalue weighted by Crippen LogP contribution is -2.56. The highest BCUT2D eigenvalue weighted by Gasteiger charge is 2.34. The van der Waals surface area contributed by atoms with Crippen molar-refractivity contribution < 1.29 is 22.8 Å². The molecule has 2 N–H and O–H groups in total. The third-order valence-electron chi connectivity index (χ3n) is 3.21. The van der Waals surface area contributed by atoms with Crippen LogP contribution in [-0.4, -0.2) is 40.8 Å². The molecular weight excluding hydrogens is 291 g/mol. The molecule has 1 atom stereocenters. The van der Waals surface area contributed by atoms with Gasteiger partial charge in [0.1, 0.15) is 17.3 Å². The van der Waals surface area contributed by atoms with Crippen molar-refractivity contribution in [3.8, 4) is 0 Å². The molecule has 0 radical (unpaired) electrons. The zero-order valence-electron chi connectivity index (χ0n) is 11.0. The van der Waals surface area contributed by atoms with Crippen LogP contribution in [0.15, 0.2) is 16.9 Å². The molecule has 0 spiro atoms. The van der Waals surface area contributed by atoms with Gasteiger partial charge in [0.05, 0.1) is 0 Å². The highest BCUT2D eigenvalue weighted by atomic mass is 19.4. The van der Waals surface area contributed by atoms with Crippen molar-refractivity contribution in [2.45, 2.75) is 19.1 Å². The molecule has 1 aliphatic heterocycles. The van der Waals surface area contributed by atoms with Crippen molar-refractivity contribution in [3.63, 3.8) is 0 Å². The van der Waals surface area contributed by atoms with Crippen molar-refractivity contribution in [3.05, 3.63) is 33.7 Å². The minimum Gasteiger partial charge on any atom is -0.353 e. The molecule has 1 saturated heterocycles. The van der Waals surface area contributed by atoms with E-state index in [9.17, 15) is 27.6 Å². The van der Waals surface area contributed by atoms with Gasteiger partial charge in [-0.05, 0) is 19.1 Å². The van der Waals surface area contributed by atoms with E-state index in [4.69, 9.17) is 0 Å². The number of alkyl halides is 3. The largest absolute Gasteiger partial charge is 0.431 e. The van der Waals surface area contributed by atoms with Crippen LogP contribution in [-0.2, 0) is 11.0 Å². The summed E-state index contributed by atoms with van der Waals surface area (Å²) in [6.45, 7) is 1.89. The Bertz CT molecular complexity index is 639. The van der Waals surface area contributed by atoms with Gasteiger partial charge >= 0.3 is 6.18 Å². The summed E-state index contributed by atoms with van der Waals surface area (Å²) in [6, 6.07) is 0.667. The van der Waals surface area contributed by atoms with E-state index in [-0.39, 0.29) is 19.0 Å². The van der Waals surface area contributed by atoms with Gasteiger partial charge in [0.25, 0.3) is 11.5 Å². The van der Waals surface area contributed by atoms with Gasteiger partial charge in [-0.3, -0.25) is 14.4 Å². The molecule has 1 aromatic rings. The number of hydrogen-bond acceptors (Lipinski definition) is 3. The number of rotatable bonds is 1. The van der Waals surface area contributed by atoms with E-state index in [2.05, 4.69) is 5.32 Å². The fourth-order valence-electron chi connectivity index (χ4n) is 2.02. The molecule has 21 heavy (non-hydrogen) atoms. The Labute approximate surface area is 116 Å². The zero-order chi connectivity index (χ0) is 15.8. The van der Waals surface area contributed by atoms with Gasteiger partial charge in [0.2, 0.25) is 5.91 Å². The van der Waals surface area contributed by atoms with Crippen LogP contribution in [0.2, 0.25) is 0 Å². The minimum absolute atomic E-state index is 0.187. The van der Waals surface area contributed by atoms with Crippen molar-refractivity contribution in [1.82, 2.24) is 15.2 Å². The summed E-state index contributed by atoms with van der Waals surface area (Å²) < 4.78 is 37.4. The van der Waals surface area contributed by atoms with Crippen LogP contribution < -0.4 is 10.9 Å². The smallest absolute Gasteiger partial charge is 0.353 e. The Kier molecular flexibility index (Phi) is 3.75. The minimum atomic E-state index is -4.70. The molecule has 9 heteroatoms. The summed E-state index contributed by atoms with van der Waals surface area (Å²) in [4.78, 5) is 38.1. The van der Waals surface area contributed by atoms with Crippen LogP contribution in [0, 0.1) is 0 Å². The lowest BCUT2D eigenvalue weighted by Gasteiger charge is -2.32. The summed E-state index contributed by atoms with van der Waals surface area (Å²) >= 11 is 0. The lowest BCUT2D eigenvalue weighted by atomic mass is 10.1. The number of aromatic nitrogens is 1. The maximum atomic E-state index is 12.5. The van der Waals surface area contributed by atoms with Gasteiger partial charge in [0.15, 0.2) is 0 Å². The zero-order valence-corrected chi connectivity index (χ0v) is 11.0. The molecule has 0 saturated carbocycles. The number of hydrogen-bond donors (Lipinski definition) is 2. The number of carbonyl (C=O) groups is 2. The lowest BCUT2D eigenvalue weighted by molar-refractivity contribution is -0.141. The van der Waals surface area contributed by atoms with E-state index in [1.54, 1.807) is 4.98 Å². The maximum Gasteiger partial charge on any atom is 0.431 e. The van der Waals surface area contributed by atoms with Crippen LogP contribution in [0.4, 0.5) is 13.2 Å². The van der Waals surface area contributed by atoms with Crippen LogP contribution in [0.5, 0.6) is 0 Å². The standard InChI is InChI=1S/C12H12F3N3O3/c1-6-9(19)16-4-5-18(6)11(21)7-2-3-8(12(13,14)15)17-10(7)20/h2-3,6H,4-5H2,1H3,(H,16,19)(H,17,20). The van der Waals surface area contributed by atoms with Crippen LogP contribution in [0.25, 0.3) is 0 Å². The van der Waals surface area contributed by atoms with Crippen LogP contribution in [0.1, 0.15) is 23.0 Å². The normalized spacial score (nSPS) is 19.3. The molecule has 1 aliphatic rings. The van der Waals surface area contributed by atoms with Crippen molar-refractivity contribution >= 4 is 11.8 Å². The average Bonchev–Trinajstić information content (AvgIpc) is 2.40. The highest BCUT2D eigenvalue weighted by Crippen LogP contribution is 2.26. The predicted octanol–water partition coefficient (Wildman–Crippen LogP) is 0.354. The molecule has 0 bridgehead atoms. The topological polar surface area (TPSA) is 82.3 Å². The van der Waals surface area contributed by atoms with Crippen molar-refractivity contribution in [2.75, 3.05) is 13.1 Å². The number of nitrogens with zero attached hydrogens (tertiary/aromatic N) is 1. The molecular formula is C12H12F3N3O3. The number of nitrogens with one attached hydrogen (secondary N) is 2. The van der Waals surface area contributed by atoms with Gasteiger partial charge < -0.3 is 15.2 Å². The van der Waals surface area contributed by atoms with Gasteiger partial charge in [-0.25, -0.2) is 0 Å². The Balaban J connectivity index is 2.32. The van der Waals surface area contributed by atoms with Crippen molar-refractivity contribution in [1.29, 1.82) is 0 Å². The average molecular weight is 303 g/mol. The van der Waals surface area contributed by atoms with Gasteiger partial charge in [-0.15, -0.1) is 0 Å². The molecule has 1 aromatic heterocycles. The van der Waals surface area contributed by atoms with Gasteiger partial charge in [-0.1, -0.05) is 0 Å². The van der Waals surface area contributed by atoms with E-state index >= 15 is 0 Å². The van der Waals surface area contributed by atoms with E-state index in [1.165, 1.54) is 6.92 Å². The SMILES string of the molecule is CC1C(=O)NCCN1C(=O)c1ccc(C(F)(F)F)[nH]c1=O. The molecule has 1 unspecified atom stereocenters. The molecule has 2 heterocycles. The van der Waals surface area contributed by atoms with Crippen molar-refractivity contribution in [2.24, 2.45) is 0 Å². The number of halogens is 3. The molecule has 6 nitrogen and oxygen atoms in total. The molecule has 1 fully saturated rings.